The number of unbranched alkanes of at least 4 members (excludes halogenated alkanes) is 14. The fraction of sp³-hybridized carbons (Fsp3) is 0.650. The topological polar surface area (TPSA) is 0 Å². The zero-order valence-corrected chi connectivity index (χ0v) is 37.2. The van der Waals surface area contributed by atoms with Crippen molar-refractivity contribution in [2.75, 3.05) is 0 Å². The molecule has 0 aliphatic heterocycles. The molecular weight excluding hydrogens is 782 g/mol. The molecule has 0 nitrogen and oxygen atoms in total. The summed E-state index contributed by atoms with van der Waals surface area (Å²) in [6.07, 6.45) is 24.8. The number of rotatable bonds is 20. The second-order valence-corrected chi connectivity index (χ2v) is 48.8. The summed E-state index contributed by atoms with van der Waals surface area (Å²) in [6.45, 7) is 4.64. The molecule has 0 saturated carbocycles. The molecule has 0 aliphatic rings. The predicted octanol–water partition coefficient (Wildman–Crippen LogP) is 13.7. The van der Waals surface area contributed by atoms with Gasteiger partial charge in [-0.3, -0.25) is 0 Å². The Bertz CT molecular complexity index is 1350. The third kappa shape index (κ3) is 10.1. The number of fused-ring (bicyclic) bond motifs is 5. The zero-order chi connectivity index (χ0) is 31.7. The van der Waals surface area contributed by atoms with E-state index in [-0.39, 0.29) is 0 Å². The molecule has 2 aromatic carbocycles. The van der Waals surface area contributed by atoms with Gasteiger partial charge in [0.05, 0.1) is 0 Å². The minimum absolute atomic E-state index is 1.25. The quantitative estimate of drug-likeness (QED) is 0.0614. The normalized spacial score (nSPS) is 12.8. The number of thiophene rings is 2. The van der Waals surface area contributed by atoms with Crippen LogP contribution in [0.3, 0.4) is 0 Å². The number of hydrogen-bond donors (Lipinski definition) is 0. The van der Waals surface area contributed by atoms with Crippen LogP contribution >= 0.6 is 22.7 Å². The van der Waals surface area contributed by atoms with Crippen LogP contribution in [-0.2, 0) is 12.8 Å². The van der Waals surface area contributed by atoms with Crippen LogP contribution in [0.25, 0.3) is 30.9 Å². The standard InChI is InChI=1S/C34H46S2.6CH3.2Sn/c1-3-5-7-9-11-13-15-17-19-27-25-31-30-22-24-36-34(30)28(20-18-16-14-12-10-8-6-4-2)26-32(31)29-21-23-35-33(27)29;;;;;;;;/h21-22,25-26H,3-20H2,1-2H3;6*1H3;;. The summed E-state index contributed by atoms with van der Waals surface area (Å²) in [5, 5.41) is 6.31. The van der Waals surface area contributed by atoms with Gasteiger partial charge in [-0.2, -0.15) is 0 Å². The van der Waals surface area contributed by atoms with Gasteiger partial charge in [-0.1, -0.05) is 26.7 Å². The molecule has 4 heteroatoms. The van der Waals surface area contributed by atoms with Crippen molar-refractivity contribution >= 4 is 96.2 Å². The number of aryl methyl sites for hydroxylation is 2. The van der Waals surface area contributed by atoms with Gasteiger partial charge in [-0.05, 0) is 0 Å². The number of benzene rings is 2. The van der Waals surface area contributed by atoms with Crippen molar-refractivity contribution in [2.24, 2.45) is 0 Å². The summed E-state index contributed by atoms with van der Waals surface area (Å²) in [5.74, 6) is 0. The average molecular weight is 847 g/mol. The van der Waals surface area contributed by atoms with Crippen molar-refractivity contribution in [3.63, 3.8) is 0 Å². The van der Waals surface area contributed by atoms with Gasteiger partial charge in [0.1, 0.15) is 0 Å². The third-order valence-electron chi connectivity index (χ3n) is 9.63. The molecule has 0 amide bonds. The summed E-state index contributed by atoms with van der Waals surface area (Å²) >= 11 is -0.0245. The van der Waals surface area contributed by atoms with Crippen LogP contribution in [0.4, 0.5) is 0 Å². The van der Waals surface area contributed by atoms with Gasteiger partial charge in [0.2, 0.25) is 0 Å². The SMILES string of the molecule is CCCCCCCCCCc1cc2c3c[c]([Sn]([CH3])([CH3])[CH3])sc3c(CCCCCCCCCC)cc2c2c[c]([Sn]([CH3])([CH3])[CH3])sc12. The first-order chi connectivity index (χ1) is 21.0. The summed E-state index contributed by atoms with van der Waals surface area (Å²) in [5.41, 5.74) is 3.30. The number of hydrogen-bond acceptors (Lipinski definition) is 2. The van der Waals surface area contributed by atoms with E-state index < -0.39 is 36.8 Å². The molecular formula is C40H64S2Sn2. The van der Waals surface area contributed by atoms with E-state index in [0.29, 0.717) is 0 Å². The monoisotopic (exact) mass is 848 g/mol. The first-order valence-corrected chi connectivity index (χ1v) is 40.1. The second-order valence-electron chi connectivity index (χ2n) is 15.8. The van der Waals surface area contributed by atoms with Crippen molar-refractivity contribution in [1.29, 1.82) is 0 Å². The van der Waals surface area contributed by atoms with Crippen molar-refractivity contribution in [2.45, 2.75) is 159 Å². The van der Waals surface area contributed by atoms with Gasteiger partial charge in [0.25, 0.3) is 0 Å². The maximum absolute atomic E-state index is 2.68. The summed E-state index contributed by atoms with van der Waals surface area (Å²) in [7, 11) is 0. The van der Waals surface area contributed by atoms with E-state index in [1.807, 2.05) is 0 Å². The van der Waals surface area contributed by atoms with Crippen LogP contribution in [0.2, 0.25) is 29.6 Å². The Morgan fingerprint density at radius 2 is 0.727 bits per heavy atom. The van der Waals surface area contributed by atoms with Crippen molar-refractivity contribution in [3.8, 4) is 0 Å². The van der Waals surface area contributed by atoms with Crippen molar-refractivity contribution < 1.29 is 0 Å². The van der Waals surface area contributed by atoms with E-state index in [1.165, 1.54) is 116 Å². The van der Waals surface area contributed by atoms with Gasteiger partial charge in [-0.25, -0.2) is 0 Å². The fourth-order valence-corrected chi connectivity index (χ4v) is 19.6. The molecule has 4 rings (SSSR count). The van der Waals surface area contributed by atoms with Crippen LogP contribution in [0.5, 0.6) is 0 Å². The Hall–Kier alpha value is 0.217. The predicted molar refractivity (Wildman–Crippen MR) is 213 cm³/mol. The molecule has 0 spiro atoms. The first kappa shape index (κ1) is 37.0. The molecule has 2 heterocycles. The zero-order valence-electron chi connectivity index (χ0n) is 29.9. The Labute approximate surface area is 287 Å². The van der Waals surface area contributed by atoms with Gasteiger partial charge in [0, 0.05) is 0 Å². The van der Waals surface area contributed by atoms with E-state index in [9.17, 15) is 0 Å². The van der Waals surface area contributed by atoms with Crippen molar-refractivity contribution in [1.82, 2.24) is 0 Å². The second kappa shape index (κ2) is 17.6. The molecule has 0 fully saturated rings. The summed E-state index contributed by atoms with van der Waals surface area (Å²) in [4.78, 5) is 15.6. The van der Waals surface area contributed by atoms with Crippen LogP contribution in [0.15, 0.2) is 24.3 Å². The van der Waals surface area contributed by atoms with E-state index in [2.05, 4.69) is 90.4 Å². The summed E-state index contributed by atoms with van der Waals surface area (Å²) in [6, 6.07) is 10.7. The Kier molecular flexibility index (Phi) is 14.8. The minimum atomic E-state index is -2.19. The average Bonchev–Trinajstić information content (AvgIpc) is 3.63. The molecule has 0 saturated heterocycles. The molecule has 0 radical (unpaired) electrons. The molecule has 4 aromatic rings. The molecule has 0 unspecified atom stereocenters. The molecule has 44 heavy (non-hydrogen) atoms. The van der Waals surface area contributed by atoms with Crippen molar-refractivity contribution in [3.05, 3.63) is 35.4 Å². The molecule has 0 aliphatic carbocycles. The molecule has 0 N–H and O–H groups in total. The fourth-order valence-electron chi connectivity index (χ4n) is 6.75. The third-order valence-corrected chi connectivity index (χ3v) is 30.9. The van der Waals surface area contributed by atoms with Gasteiger partial charge in [-0.15, -0.1) is 0 Å². The molecule has 244 valence electrons. The van der Waals surface area contributed by atoms with Crippen LogP contribution < -0.4 is 5.79 Å². The molecule has 0 bridgehead atoms. The van der Waals surface area contributed by atoms with E-state index >= 15 is 0 Å². The van der Waals surface area contributed by atoms with Gasteiger partial charge >= 0.3 is 264 Å². The molecule has 0 atom stereocenters. The van der Waals surface area contributed by atoms with Crippen LogP contribution in [0.1, 0.15) is 128 Å². The van der Waals surface area contributed by atoms with Crippen LogP contribution in [0, 0.1) is 0 Å². The van der Waals surface area contributed by atoms with Gasteiger partial charge < -0.3 is 0 Å². The Morgan fingerprint density at radius 3 is 1.05 bits per heavy atom. The Morgan fingerprint density at radius 1 is 0.409 bits per heavy atom. The first-order valence-electron chi connectivity index (χ1n) is 18.5. The Balaban J connectivity index is 1.67. The van der Waals surface area contributed by atoms with E-state index in [0.717, 1.165) is 0 Å². The maximum atomic E-state index is 2.68. The molecule has 2 aromatic heterocycles. The summed E-state index contributed by atoms with van der Waals surface area (Å²) < 4.78 is 6.76. The van der Waals surface area contributed by atoms with E-state index in [4.69, 9.17) is 0 Å². The van der Waals surface area contributed by atoms with E-state index in [1.54, 1.807) is 47.9 Å². The van der Waals surface area contributed by atoms with Gasteiger partial charge in [0.15, 0.2) is 0 Å². The van der Waals surface area contributed by atoms with Crippen LogP contribution in [-0.4, -0.2) is 36.8 Å².